The highest BCUT2D eigenvalue weighted by Crippen LogP contribution is 2.50. The molecule has 0 saturated carbocycles. The first-order valence-corrected chi connectivity index (χ1v) is 11.0. The van der Waals surface area contributed by atoms with Crippen LogP contribution in [-0.4, -0.2) is 15.8 Å². The minimum absolute atomic E-state index is 0.0134. The van der Waals surface area contributed by atoms with Gasteiger partial charge in [0, 0.05) is 21.5 Å². The van der Waals surface area contributed by atoms with Crippen LogP contribution in [0.3, 0.4) is 0 Å². The Labute approximate surface area is 184 Å². The Balaban J connectivity index is 1.66. The van der Waals surface area contributed by atoms with E-state index in [0.717, 1.165) is 32.8 Å². The molecule has 2 atom stereocenters. The first kappa shape index (κ1) is 18.3. The van der Waals surface area contributed by atoms with Crippen molar-refractivity contribution in [2.45, 2.75) is 18.7 Å². The van der Waals surface area contributed by atoms with Gasteiger partial charge in [-0.25, -0.2) is 5.01 Å². The van der Waals surface area contributed by atoms with Gasteiger partial charge in [0.25, 0.3) is 0 Å². The van der Waals surface area contributed by atoms with Gasteiger partial charge in [-0.1, -0.05) is 45.2 Å². The lowest BCUT2D eigenvalue weighted by Crippen LogP contribution is -2.33. The molecule has 28 heavy (non-hydrogen) atoms. The Morgan fingerprint density at radius 3 is 2.82 bits per heavy atom. The first-order valence-electron chi connectivity index (χ1n) is 8.55. The van der Waals surface area contributed by atoms with Crippen LogP contribution in [-0.2, 0) is 0 Å². The summed E-state index contributed by atoms with van der Waals surface area (Å²) in [4.78, 5) is 1.12. The molecule has 0 unspecified atom stereocenters. The topological polar surface area (TPSA) is 45.1 Å². The standard InChI is InChI=1S/C20H13BrCl2N2O2S/c21-10-3-4-17-12(6-10)16-9-15(18-2-1-5-28-18)24-25(16)20(27-17)13-7-11(22)8-14(23)19(13)26/h1-8,16,20,26H,9H2/t16-,20-/m0/s1. The predicted octanol–water partition coefficient (Wildman–Crippen LogP) is 6.77. The monoisotopic (exact) mass is 494 g/mol. The van der Waals surface area contributed by atoms with Crippen LogP contribution < -0.4 is 4.74 Å². The normalized spacial score (nSPS) is 20.4. The number of rotatable bonds is 2. The fraction of sp³-hybridized carbons (Fsp3) is 0.150. The molecule has 2 aliphatic heterocycles. The zero-order valence-corrected chi connectivity index (χ0v) is 18.2. The number of hydrogen-bond acceptors (Lipinski definition) is 5. The minimum atomic E-state index is -0.632. The fourth-order valence-electron chi connectivity index (χ4n) is 3.63. The summed E-state index contributed by atoms with van der Waals surface area (Å²) in [5.74, 6) is 0.711. The Bertz CT molecular complexity index is 1100. The van der Waals surface area contributed by atoms with E-state index in [9.17, 15) is 5.11 Å². The van der Waals surface area contributed by atoms with Crippen LogP contribution in [0.2, 0.25) is 10.0 Å². The van der Waals surface area contributed by atoms with Crippen molar-refractivity contribution in [2.24, 2.45) is 5.10 Å². The summed E-state index contributed by atoms with van der Waals surface area (Å²) in [5, 5.41) is 20.0. The predicted molar refractivity (Wildman–Crippen MR) is 116 cm³/mol. The van der Waals surface area contributed by atoms with E-state index in [4.69, 9.17) is 33.0 Å². The third-order valence-corrected chi connectivity index (χ3v) is 6.80. The lowest BCUT2D eigenvalue weighted by atomic mass is 9.97. The highest BCUT2D eigenvalue weighted by atomic mass is 79.9. The Morgan fingerprint density at radius 1 is 1.18 bits per heavy atom. The average molecular weight is 496 g/mol. The van der Waals surface area contributed by atoms with Gasteiger partial charge in [-0.2, -0.15) is 5.10 Å². The molecule has 0 spiro atoms. The van der Waals surface area contributed by atoms with Gasteiger partial charge < -0.3 is 9.84 Å². The number of benzene rings is 2. The van der Waals surface area contributed by atoms with Crippen LogP contribution in [0.15, 0.2) is 57.4 Å². The number of phenolic OH excluding ortho intramolecular Hbond substituents is 1. The minimum Gasteiger partial charge on any atom is -0.506 e. The molecule has 4 nitrogen and oxygen atoms in total. The van der Waals surface area contributed by atoms with Gasteiger partial charge in [0.15, 0.2) is 0 Å². The highest BCUT2D eigenvalue weighted by Gasteiger charge is 2.42. The average Bonchev–Trinajstić information content (AvgIpc) is 3.33. The number of hydrogen-bond donors (Lipinski definition) is 1. The second-order valence-electron chi connectivity index (χ2n) is 6.60. The zero-order valence-electron chi connectivity index (χ0n) is 14.3. The summed E-state index contributed by atoms with van der Waals surface area (Å²) in [6, 6.07) is 13.2. The molecule has 0 radical (unpaired) electrons. The molecule has 5 rings (SSSR count). The van der Waals surface area contributed by atoms with Crippen molar-refractivity contribution in [1.82, 2.24) is 5.01 Å². The summed E-state index contributed by atoms with van der Waals surface area (Å²) >= 11 is 17.6. The van der Waals surface area contributed by atoms with E-state index in [1.807, 2.05) is 28.6 Å². The summed E-state index contributed by atoms with van der Waals surface area (Å²) in [6.07, 6.45) is 0.117. The van der Waals surface area contributed by atoms with Crippen LogP contribution >= 0.6 is 50.5 Å². The van der Waals surface area contributed by atoms with Crippen molar-refractivity contribution in [3.05, 3.63) is 78.4 Å². The number of nitrogens with zero attached hydrogens (tertiary/aromatic N) is 2. The number of fused-ring (bicyclic) bond motifs is 3. The van der Waals surface area contributed by atoms with Crippen LogP contribution in [0.25, 0.3) is 0 Å². The summed E-state index contributed by atoms with van der Waals surface area (Å²) in [5.41, 5.74) is 2.54. The summed E-state index contributed by atoms with van der Waals surface area (Å²) < 4.78 is 7.25. The molecule has 3 heterocycles. The van der Waals surface area contributed by atoms with Crippen molar-refractivity contribution in [1.29, 1.82) is 0 Å². The Hall–Kier alpha value is -1.73. The molecule has 0 bridgehead atoms. The van der Waals surface area contributed by atoms with Gasteiger partial charge in [0.1, 0.15) is 11.5 Å². The number of ether oxygens (including phenoxy) is 1. The molecule has 1 aromatic heterocycles. The Kier molecular flexibility index (Phi) is 4.55. The maximum absolute atomic E-state index is 10.6. The number of hydrazone groups is 1. The summed E-state index contributed by atoms with van der Waals surface area (Å²) in [7, 11) is 0. The van der Waals surface area contributed by atoms with E-state index in [-0.39, 0.29) is 16.8 Å². The summed E-state index contributed by atoms with van der Waals surface area (Å²) in [6.45, 7) is 0. The van der Waals surface area contributed by atoms with E-state index < -0.39 is 6.23 Å². The van der Waals surface area contributed by atoms with E-state index >= 15 is 0 Å². The van der Waals surface area contributed by atoms with Crippen molar-refractivity contribution in [3.63, 3.8) is 0 Å². The quantitative estimate of drug-likeness (QED) is 0.426. The van der Waals surface area contributed by atoms with Gasteiger partial charge >= 0.3 is 0 Å². The second-order valence-corrected chi connectivity index (χ2v) is 9.31. The third-order valence-electron chi connectivity index (χ3n) is 4.88. The van der Waals surface area contributed by atoms with Gasteiger partial charge in [-0.15, -0.1) is 11.3 Å². The molecule has 0 aliphatic carbocycles. The molecule has 0 amide bonds. The second kappa shape index (κ2) is 6.95. The van der Waals surface area contributed by atoms with Crippen molar-refractivity contribution in [2.75, 3.05) is 0 Å². The molecule has 3 aromatic rings. The molecule has 0 saturated heterocycles. The van der Waals surface area contributed by atoms with Crippen LogP contribution in [0.5, 0.6) is 11.5 Å². The largest absolute Gasteiger partial charge is 0.506 e. The van der Waals surface area contributed by atoms with Crippen molar-refractivity contribution in [3.8, 4) is 11.5 Å². The molecule has 142 valence electrons. The van der Waals surface area contributed by atoms with E-state index in [2.05, 4.69) is 28.1 Å². The van der Waals surface area contributed by atoms with Gasteiger partial charge in [-0.3, -0.25) is 0 Å². The zero-order chi connectivity index (χ0) is 19.4. The first-order chi connectivity index (χ1) is 13.5. The van der Waals surface area contributed by atoms with Crippen molar-refractivity contribution < 1.29 is 9.84 Å². The van der Waals surface area contributed by atoms with E-state index in [1.54, 1.807) is 17.4 Å². The van der Waals surface area contributed by atoms with Gasteiger partial charge in [-0.05, 0) is 41.8 Å². The van der Waals surface area contributed by atoms with E-state index in [0.29, 0.717) is 10.6 Å². The third kappa shape index (κ3) is 2.99. The molecule has 8 heteroatoms. The number of thiophene rings is 1. The molecular weight excluding hydrogens is 483 g/mol. The number of aromatic hydroxyl groups is 1. The number of halogens is 3. The maximum atomic E-state index is 10.6. The van der Waals surface area contributed by atoms with Crippen LogP contribution in [0, 0.1) is 0 Å². The lowest BCUT2D eigenvalue weighted by molar-refractivity contribution is -0.0203. The van der Waals surface area contributed by atoms with Crippen molar-refractivity contribution >= 4 is 56.2 Å². The highest BCUT2D eigenvalue weighted by molar-refractivity contribution is 9.10. The molecular formula is C20H13BrCl2N2O2S. The fourth-order valence-corrected chi connectivity index (χ4v) is 5.24. The lowest BCUT2D eigenvalue weighted by Gasteiger charge is -2.38. The Morgan fingerprint density at radius 2 is 2.04 bits per heavy atom. The molecule has 1 N–H and O–H groups in total. The molecule has 2 aromatic carbocycles. The van der Waals surface area contributed by atoms with E-state index in [1.165, 1.54) is 6.07 Å². The van der Waals surface area contributed by atoms with Crippen LogP contribution in [0.4, 0.5) is 0 Å². The maximum Gasteiger partial charge on any atom is 0.217 e. The molecule has 0 fully saturated rings. The molecule has 2 aliphatic rings. The SMILES string of the molecule is Oc1c(Cl)cc(Cl)cc1[C@@H]1Oc2ccc(Br)cc2[C@@H]2CC(c3cccs3)=NN21. The van der Waals surface area contributed by atoms with Gasteiger partial charge in [0.2, 0.25) is 6.23 Å². The smallest absolute Gasteiger partial charge is 0.217 e. The number of phenols is 1. The van der Waals surface area contributed by atoms with Gasteiger partial charge in [0.05, 0.1) is 27.2 Å². The van der Waals surface area contributed by atoms with Crippen LogP contribution in [0.1, 0.15) is 34.7 Å².